The molecule has 1 amide bonds. The Hall–Kier alpha value is -3.85. The second-order valence-electron chi connectivity index (χ2n) is 7.34. The van der Waals surface area contributed by atoms with Gasteiger partial charge in [-0.3, -0.25) is 14.5 Å². The number of thiazole rings is 1. The van der Waals surface area contributed by atoms with Crippen LogP contribution in [0.5, 0.6) is 17.2 Å². The minimum absolute atomic E-state index is 0.0176. The van der Waals surface area contributed by atoms with Crippen LogP contribution in [-0.2, 0) is 9.59 Å². The number of ether oxygens (including phenoxy) is 3. The average molecular weight is 464 g/mol. The molecule has 2 aromatic carbocycles. The maximum absolute atomic E-state index is 13.2. The maximum atomic E-state index is 13.2. The minimum atomic E-state index is -0.847. The monoisotopic (exact) mass is 464 g/mol. The zero-order valence-corrected chi connectivity index (χ0v) is 18.5. The lowest BCUT2D eigenvalue weighted by atomic mass is 9.95. The summed E-state index contributed by atoms with van der Waals surface area (Å²) in [5.74, 6) is -0.122. The van der Waals surface area contributed by atoms with Crippen molar-refractivity contribution in [1.82, 2.24) is 4.98 Å². The van der Waals surface area contributed by atoms with E-state index in [1.54, 1.807) is 54.0 Å². The molecule has 1 N–H and O–H groups in total. The van der Waals surface area contributed by atoms with Gasteiger partial charge in [0.15, 0.2) is 16.6 Å². The summed E-state index contributed by atoms with van der Waals surface area (Å²) in [6, 6.07) is 11.2. The highest BCUT2D eigenvalue weighted by atomic mass is 32.1. The molecule has 2 aliphatic rings. The lowest BCUT2D eigenvalue weighted by Crippen LogP contribution is -2.29. The number of fused-ring (bicyclic) bond motifs is 1. The molecular formula is C24H20N2O6S. The molecule has 3 aromatic rings. The number of anilines is 1. The van der Waals surface area contributed by atoms with Gasteiger partial charge >= 0.3 is 5.91 Å². The quantitative estimate of drug-likeness (QED) is 0.347. The lowest BCUT2D eigenvalue weighted by molar-refractivity contribution is -0.132. The molecule has 0 spiro atoms. The summed E-state index contributed by atoms with van der Waals surface area (Å²) in [6.07, 6.45) is 1.56. The Morgan fingerprint density at radius 3 is 2.61 bits per heavy atom. The van der Waals surface area contributed by atoms with Crippen LogP contribution < -0.4 is 19.1 Å². The minimum Gasteiger partial charge on any atom is -0.507 e. The zero-order chi connectivity index (χ0) is 22.9. The van der Waals surface area contributed by atoms with E-state index in [4.69, 9.17) is 14.2 Å². The molecule has 1 fully saturated rings. The molecule has 0 aliphatic carbocycles. The summed E-state index contributed by atoms with van der Waals surface area (Å²) in [7, 11) is 0. The molecule has 1 atom stereocenters. The number of hydrogen-bond acceptors (Lipinski definition) is 8. The van der Waals surface area contributed by atoms with Crippen molar-refractivity contribution in [2.45, 2.75) is 13.0 Å². The Balaban J connectivity index is 1.65. The number of Topliss-reactive ketones (excluding diaryl/α,β-unsaturated/α-hetero) is 1. The Morgan fingerprint density at radius 1 is 1.15 bits per heavy atom. The van der Waals surface area contributed by atoms with Crippen molar-refractivity contribution in [1.29, 1.82) is 0 Å². The van der Waals surface area contributed by atoms with Gasteiger partial charge in [0.05, 0.1) is 18.2 Å². The van der Waals surface area contributed by atoms with Gasteiger partial charge in [0.25, 0.3) is 5.78 Å². The van der Waals surface area contributed by atoms with Gasteiger partial charge < -0.3 is 19.3 Å². The predicted octanol–water partition coefficient (Wildman–Crippen LogP) is 3.94. The number of carbonyl (C=O) groups excluding carboxylic acids is 2. The van der Waals surface area contributed by atoms with Gasteiger partial charge in [0, 0.05) is 17.1 Å². The summed E-state index contributed by atoms with van der Waals surface area (Å²) in [5, 5.41) is 13.3. The van der Waals surface area contributed by atoms with Gasteiger partial charge in [0.1, 0.15) is 24.7 Å². The number of carbonyl (C=O) groups is 2. The molecule has 8 nitrogen and oxygen atoms in total. The van der Waals surface area contributed by atoms with E-state index in [-0.39, 0.29) is 11.3 Å². The number of ketones is 1. The lowest BCUT2D eigenvalue weighted by Gasteiger charge is -2.23. The van der Waals surface area contributed by atoms with E-state index < -0.39 is 17.7 Å². The van der Waals surface area contributed by atoms with E-state index >= 15 is 0 Å². The molecule has 9 heteroatoms. The van der Waals surface area contributed by atoms with E-state index in [0.717, 1.165) is 0 Å². The van der Waals surface area contributed by atoms with Crippen LogP contribution in [0, 0.1) is 0 Å². The van der Waals surface area contributed by atoms with Gasteiger partial charge in [-0.2, -0.15) is 0 Å². The number of hydrogen-bond donors (Lipinski definition) is 1. The van der Waals surface area contributed by atoms with Crippen molar-refractivity contribution in [3.05, 3.63) is 70.7 Å². The molecule has 0 bridgehead atoms. The molecule has 1 saturated heterocycles. The van der Waals surface area contributed by atoms with E-state index in [2.05, 4.69) is 4.98 Å². The van der Waals surface area contributed by atoms with Crippen molar-refractivity contribution < 1.29 is 28.9 Å². The van der Waals surface area contributed by atoms with E-state index in [0.29, 0.717) is 53.3 Å². The largest absolute Gasteiger partial charge is 0.507 e. The first-order chi connectivity index (χ1) is 16.1. The first-order valence-corrected chi connectivity index (χ1v) is 11.3. The van der Waals surface area contributed by atoms with Crippen LogP contribution in [0.1, 0.15) is 24.1 Å². The summed E-state index contributed by atoms with van der Waals surface area (Å²) in [5.41, 5.74) is 0.982. The predicted molar refractivity (Wildman–Crippen MR) is 122 cm³/mol. The van der Waals surface area contributed by atoms with E-state index in [1.807, 2.05) is 6.92 Å². The first-order valence-electron chi connectivity index (χ1n) is 10.4. The third-order valence-corrected chi connectivity index (χ3v) is 6.16. The topological polar surface area (TPSA) is 98.2 Å². The molecular weight excluding hydrogens is 444 g/mol. The van der Waals surface area contributed by atoms with Crippen molar-refractivity contribution in [3.8, 4) is 17.2 Å². The summed E-state index contributed by atoms with van der Waals surface area (Å²) in [6.45, 7) is 3.23. The van der Waals surface area contributed by atoms with Crippen molar-refractivity contribution in [3.63, 3.8) is 0 Å². The fourth-order valence-electron chi connectivity index (χ4n) is 3.94. The van der Waals surface area contributed by atoms with Gasteiger partial charge in [-0.25, -0.2) is 4.98 Å². The van der Waals surface area contributed by atoms with Crippen LogP contribution in [-0.4, -0.2) is 41.6 Å². The number of aliphatic hydroxyl groups excluding tert-OH is 1. The number of amides is 1. The molecule has 33 heavy (non-hydrogen) atoms. The molecule has 5 rings (SSSR count). The van der Waals surface area contributed by atoms with Crippen molar-refractivity contribution >= 4 is 33.9 Å². The molecule has 3 heterocycles. The number of benzene rings is 2. The van der Waals surface area contributed by atoms with Gasteiger partial charge in [-0.1, -0.05) is 12.1 Å². The number of rotatable bonds is 5. The normalized spacial score (nSPS) is 19.1. The first kappa shape index (κ1) is 21.0. The van der Waals surface area contributed by atoms with E-state index in [1.165, 1.54) is 16.2 Å². The molecule has 2 aliphatic heterocycles. The van der Waals surface area contributed by atoms with Crippen LogP contribution in [0.2, 0.25) is 0 Å². The number of nitrogens with zero attached hydrogens (tertiary/aromatic N) is 2. The third kappa shape index (κ3) is 3.70. The summed E-state index contributed by atoms with van der Waals surface area (Å²) in [4.78, 5) is 31.8. The second kappa shape index (κ2) is 8.59. The van der Waals surface area contributed by atoms with E-state index in [9.17, 15) is 14.7 Å². The van der Waals surface area contributed by atoms with Gasteiger partial charge in [-0.15, -0.1) is 11.3 Å². The Kier molecular flexibility index (Phi) is 5.47. The highest BCUT2D eigenvalue weighted by Gasteiger charge is 2.48. The van der Waals surface area contributed by atoms with Crippen molar-refractivity contribution in [2.75, 3.05) is 24.7 Å². The van der Waals surface area contributed by atoms with Gasteiger partial charge in [-0.05, 0) is 42.8 Å². The smallest absolute Gasteiger partial charge is 0.301 e. The summed E-state index contributed by atoms with van der Waals surface area (Å²) >= 11 is 1.24. The Morgan fingerprint density at radius 2 is 1.91 bits per heavy atom. The Labute approximate surface area is 193 Å². The summed E-state index contributed by atoms with van der Waals surface area (Å²) < 4.78 is 16.7. The maximum Gasteiger partial charge on any atom is 0.301 e. The SMILES string of the molecule is CCOc1ccc(C2C(=C(O)c3ccc4c(c3)OCCO4)C(=O)C(=O)N2c2nccs2)cc1. The van der Waals surface area contributed by atoms with Gasteiger partial charge in [0.2, 0.25) is 0 Å². The van der Waals surface area contributed by atoms with Crippen molar-refractivity contribution in [2.24, 2.45) is 0 Å². The van der Waals surface area contributed by atoms with Crippen LogP contribution >= 0.6 is 11.3 Å². The number of aromatic nitrogens is 1. The highest BCUT2D eigenvalue weighted by Crippen LogP contribution is 2.43. The second-order valence-corrected chi connectivity index (χ2v) is 8.22. The highest BCUT2D eigenvalue weighted by molar-refractivity contribution is 7.14. The van der Waals surface area contributed by atoms with Crippen LogP contribution in [0.4, 0.5) is 5.13 Å². The fourth-order valence-corrected chi connectivity index (χ4v) is 4.61. The van der Waals surface area contributed by atoms with Crippen LogP contribution in [0.15, 0.2) is 59.6 Å². The molecule has 168 valence electrons. The van der Waals surface area contributed by atoms with Crippen LogP contribution in [0.25, 0.3) is 5.76 Å². The fraction of sp³-hybridized carbons (Fsp3) is 0.208. The Bertz CT molecular complexity index is 1240. The number of aliphatic hydroxyl groups is 1. The molecule has 1 unspecified atom stereocenters. The van der Waals surface area contributed by atoms with Crippen LogP contribution in [0.3, 0.4) is 0 Å². The third-order valence-electron chi connectivity index (χ3n) is 5.39. The zero-order valence-electron chi connectivity index (χ0n) is 17.7. The molecule has 1 aromatic heterocycles. The molecule has 0 saturated carbocycles. The molecule has 0 radical (unpaired) electrons. The average Bonchev–Trinajstić information content (AvgIpc) is 3.46. The standard InChI is InChI=1S/C24H20N2O6S/c1-2-30-16-6-3-14(4-7-16)20-19(22(28)23(29)26(20)24-25-9-12-33-24)21(27)15-5-8-17-18(13-15)32-11-10-31-17/h3-9,12-13,20,27H,2,10-11H2,1H3.